The Hall–Kier alpha value is -2.02. The third-order valence-corrected chi connectivity index (χ3v) is 4.01. The van der Waals surface area contributed by atoms with Crippen molar-refractivity contribution in [2.24, 2.45) is 0 Å². The molecule has 6 nitrogen and oxygen atoms in total. The van der Waals surface area contributed by atoms with Crippen LogP contribution >= 0.6 is 11.8 Å². The molecule has 118 valence electrons. The standard InChI is InChI=1S/C15H21N5OS/c1-2-22-9-5-8-17-15(21)19-14-7-4-3-6-13(14)10-20-12-16-11-18-20/h3-4,6-7,11-12H,2,5,8-10H2,1H3,(H2,17,19,21). The van der Waals surface area contributed by atoms with Gasteiger partial charge in [0.2, 0.25) is 0 Å². The number of nitrogens with one attached hydrogen (secondary N) is 2. The van der Waals surface area contributed by atoms with E-state index in [0.29, 0.717) is 13.1 Å². The molecule has 2 rings (SSSR count). The van der Waals surface area contributed by atoms with Crippen LogP contribution in [0.5, 0.6) is 0 Å². The van der Waals surface area contributed by atoms with Crippen LogP contribution in [0.15, 0.2) is 36.9 Å². The topological polar surface area (TPSA) is 71.8 Å². The lowest BCUT2D eigenvalue weighted by Gasteiger charge is -2.12. The molecule has 0 aliphatic heterocycles. The van der Waals surface area contributed by atoms with Crippen LogP contribution in [0.3, 0.4) is 0 Å². The third-order valence-electron chi connectivity index (χ3n) is 3.02. The van der Waals surface area contributed by atoms with Crippen molar-refractivity contribution >= 4 is 23.5 Å². The summed E-state index contributed by atoms with van der Waals surface area (Å²) in [7, 11) is 0. The van der Waals surface area contributed by atoms with E-state index in [1.807, 2.05) is 36.0 Å². The van der Waals surface area contributed by atoms with Gasteiger partial charge in [0.15, 0.2) is 0 Å². The first-order valence-corrected chi connectivity index (χ1v) is 8.48. The lowest BCUT2D eigenvalue weighted by atomic mass is 10.2. The maximum absolute atomic E-state index is 11.9. The van der Waals surface area contributed by atoms with Gasteiger partial charge in [-0.25, -0.2) is 14.5 Å². The van der Waals surface area contributed by atoms with Crippen LogP contribution < -0.4 is 10.6 Å². The number of carbonyl (C=O) groups is 1. The molecular formula is C15H21N5OS. The highest BCUT2D eigenvalue weighted by atomic mass is 32.2. The number of anilines is 1. The molecule has 2 N–H and O–H groups in total. The number of nitrogens with zero attached hydrogens (tertiary/aromatic N) is 3. The van der Waals surface area contributed by atoms with Crippen molar-refractivity contribution in [1.82, 2.24) is 20.1 Å². The Morgan fingerprint density at radius 3 is 3.00 bits per heavy atom. The van der Waals surface area contributed by atoms with Crippen LogP contribution in [0.1, 0.15) is 18.9 Å². The maximum atomic E-state index is 11.9. The molecule has 0 saturated carbocycles. The number of aromatic nitrogens is 3. The summed E-state index contributed by atoms with van der Waals surface area (Å²) in [5.74, 6) is 2.18. The van der Waals surface area contributed by atoms with Gasteiger partial charge >= 0.3 is 6.03 Å². The zero-order chi connectivity index (χ0) is 15.6. The Morgan fingerprint density at radius 1 is 1.36 bits per heavy atom. The molecule has 0 bridgehead atoms. The van der Waals surface area contributed by atoms with Gasteiger partial charge in [-0.2, -0.15) is 16.9 Å². The Morgan fingerprint density at radius 2 is 2.23 bits per heavy atom. The first-order chi connectivity index (χ1) is 10.8. The van der Waals surface area contributed by atoms with E-state index in [1.165, 1.54) is 6.33 Å². The molecule has 2 aromatic rings. The fraction of sp³-hybridized carbons (Fsp3) is 0.400. The quantitative estimate of drug-likeness (QED) is 0.734. The van der Waals surface area contributed by atoms with Gasteiger partial charge < -0.3 is 10.6 Å². The molecule has 0 unspecified atom stereocenters. The highest BCUT2D eigenvalue weighted by Crippen LogP contribution is 2.15. The van der Waals surface area contributed by atoms with Crippen LogP contribution in [-0.2, 0) is 6.54 Å². The fourth-order valence-corrected chi connectivity index (χ4v) is 2.59. The largest absolute Gasteiger partial charge is 0.338 e. The minimum atomic E-state index is -0.174. The predicted octanol–water partition coefficient (Wildman–Crippen LogP) is 2.59. The molecule has 1 aromatic carbocycles. The molecule has 0 spiro atoms. The van der Waals surface area contributed by atoms with Crippen LogP contribution in [0.4, 0.5) is 10.5 Å². The predicted molar refractivity (Wildman–Crippen MR) is 90.2 cm³/mol. The number of amides is 2. The number of para-hydroxylation sites is 1. The molecule has 0 fully saturated rings. The van der Waals surface area contributed by atoms with Crippen LogP contribution in [0.25, 0.3) is 0 Å². The summed E-state index contributed by atoms with van der Waals surface area (Å²) < 4.78 is 1.72. The molecular weight excluding hydrogens is 298 g/mol. The van der Waals surface area contributed by atoms with E-state index in [2.05, 4.69) is 27.6 Å². The van der Waals surface area contributed by atoms with E-state index < -0.39 is 0 Å². The second kappa shape index (κ2) is 9.09. The molecule has 0 saturated heterocycles. The van der Waals surface area contributed by atoms with Gasteiger partial charge in [-0.3, -0.25) is 0 Å². The van der Waals surface area contributed by atoms with E-state index in [9.17, 15) is 4.79 Å². The number of hydrogen-bond donors (Lipinski definition) is 2. The molecule has 1 heterocycles. The van der Waals surface area contributed by atoms with Crippen LogP contribution in [0.2, 0.25) is 0 Å². The van der Waals surface area contributed by atoms with E-state index >= 15 is 0 Å². The van der Waals surface area contributed by atoms with Gasteiger partial charge in [-0.15, -0.1) is 0 Å². The van der Waals surface area contributed by atoms with Gasteiger partial charge in [0.25, 0.3) is 0 Å². The number of benzene rings is 1. The van der Waals surface area contributed by atoms with E-state index in [4.69, 9.17) is 0 Å². The van der Waals surface area contributed by atoms with E-state index in [0.717, 1.165) is 29.2 Å². The summed E-state index contributed by atoms with van der Waals surface area (Å²) in [6.45, 7) is 3.39. The molecule has 1 aromatic heterocycles. The summed E-state index contributed by atoms with van der Waals surface area (Å²) in [6.07, 6.45) is 4.13. The lowest BCUT2D eigenvalue weighted by molar-refractivity contribution is 0.252. The van der Waals surface area contributed by atoms with Gasteiger partial charge in [0.1, 0.15) is 12.7 Å². The molecule has 0 aliphatic carbocycles. The third kappa shape index (κ3) is 5.40. The summed E-state index contributed by atoms with van der Waals surface area (Å²) in [4.78, 5) is 15.9. The highest BCUT2D eigenvalue weighted by Gasteiger charge is 2.06. The zero-order valence-electron chi connectivity index (χ0n) is 12.7. The molecule has 0 radical (unpaired) electrons. The van der Waals surface area contributed by atoms with Crippen molar-refractivity contribution in [3.8, 4) is 0 Å². The van der Waals surface area contributed by atoms with Crippen molar-refractivity contribution in [3.63, 3.8) is 0 Å². The summed E-state index contributed by atoms with van der Waals surface area (Å²) in [5, 5.41) is 9.86. The van der Waals surface area contributed by atoms with Gasteiger partial charge in [0, 0.05) is 12.2 Å². The van der Waals surface area contributed by atoms with Crippen molar-refractivity contribution in [2.75, 3.05) is 23.4 Å². The van der Waals surface area contributed by atoms with Crippen molar-refractivity contribution in [3.05, 3.63) is 42.5 Å². The normalized spacial score (nSPS) is 10.4. The molecule has 2 amide bonds. The minimum Gasteiger partial charge on any atom is -0.338 e. The van der Waals surface area contributed by atoms with Crippen molar-refractivity contribution in [1.29, 1.82) is 0 Å². The number of carbonyl (C=O) groups excluding carboxylic acids is 1. The van der Waals surface area contributed by atoms with Gasteiger partial charge in [-0.05, 0) is 29.6 Å². The molecule has 0 atom stereocenters. The number of thioether (sulfide) groups is 1. The summed E-state index contributed by atoms with van der Waals surface area (Å²) in [6, 6.07) is 7.52. The number of hydrogen-bond acceptors (Lipinski definition) is 4. The monoisotopic (exact) mass is 319 g/mol. The smallest absolute Gasteiger partial charge is 0.319 e. The van der Waals surface area contributed by atoms with Gasteiger partial charge in [-0.1, -0.05) is 25.1 Å². The first kappa shape index (κ1) is 16.4. The summed E-state index contributed by atoms with van der Waals surface area (Å²) >= 11 is 1.88. The van der Waals surface area contributed by atoms with Crippen LogP contribution in [-0.4, -0.2) is 38.8 Å². The number of urea groups is 1. The Bertz CT molecular complexity index is 573. The highest BCUT2D eigenvalue weighted by molar-refractivity contribution is 7.99. The summed E-state index contributed by atoms with van der Waals surface area (Å²) in [5.41, 5.74) is 1.78. The van der Waals surface area contributed by atoms with E-state index in [-0.39, 0.29) is 6.03 Å². The Labute approximate surface area is 134 Å². The fourth-order valence-electron chi connectivity index (χ4n) is 1.96. The second-order valence-electron chi connectivity index (χ2n) is 4.68. The lowest BCUT2D eigenvalue weighted by Crippen LogP contribution is -2.30. The van der Waals surface area contributed by atoms with E-state index in [1.54, 1.807) is 11.0 Å². The SMILES string of the molecule is CCSCCCNC(=O)Nc1ccccc1Cn1cncn1. The first-order valence-electron chi connectivity index (χ1n) is 7.32. The van der Waals surface area contributed by atoms with Crippen molar-refractivity contribution in [2.45, 2.75) is 19.9 Å². The van der Waals surface area contributed by atoms with Crippen LogP contribution in [0, 0.1) is 0 Å². The Kier molecular flexibility index (Phi) is 6.76. The molecule has 0 aliphatic rings. The van der Waals surface area contributed by atoms with Crippen molar-refractivity contribution < 1.29 is 4.79 Å². The maximum Gasteiger partial charge on any atom is 0.319 e. The zero-order valence-corrected chi connectivity index (χ0v) is 13.5. The van der Waals surface area contributed by atoms with Gasteiger partial charge in [0.05, 0.1) is 6.54 Å². The second-order valence-corrected chi connectivity index (χ2v) is 6.08. The Balaban J connectivity index is 1.85. The average Bonchev–Trinajstić information content (AvgIpc) is 3.02. The molecule has 7 heteroatoms. The molecule has 22 heavy (non-hydrogen) atoms. The number of rotatable bonds is 8. The average molecular weight is 319 g/mol. The minimum absolute atomic E-state index is 0.174.